The second kappa shape index (κ2) is 5.92. The predicted molar refractivity (Wildman–Crippen MR) is 78.8 cm³/mol. The molecule has 4 atom stereocenters. The summed E-state index contributed by atoms with van der Waals surface area (Å²) in [4.78, 5) is 2.85. The predicted octanol–water partition coefficient (Wildman–Crippen LogP) is 3.13. The zero-order chi connectivity index (χ0) is 13.3. The zero-order valence-electron chi connectivity index (χ0n) is 12.9. The molecule has 4 unspecified atom stereocenters. The normalized spacial score (nSPS) is 43.3. The average molecular weight is 252 g/mol. The molecule has 2 heteroatoms. The van der Waals surface area contributed by atoms with Crippen LogP contribution in [0, 0.1) is 17.8 Å². The van der Waals surface area contributed by atoms with Gasteiger partial charge in [0.25, 0.3) is 0 Å². The van der Waals surface area contributed by atoms with Crippen LogP contribution in [0.15, 0.2) is 0 Å². The van der Waals surface area contributed by atoms with Gasteiger partial charge in [-0.2, -0.15) is 0 Å². The van der Waals surface area contributed by atoms with E-state index in [-0.39, 0.29) is 0 Å². The van der Waals surface area contributed by atoms with Crippen LogP contribution in [-0.4, -0.2) is 36.1 Å². The van der Waals surface area contributed by atoms with E-state index in [2.05, 4.69) is 44.8 Å². The highest BCUT2D eigenvalue weighted by Crippen LogP contribution is 2.34. The van der Waals surface area contributed by atoms with Crippen molar-refractivity contribution in [2.45, 2.75) is 72.0 Å². The van der Waals surface area contributed by atoms with Crippen LogP contribution in [-0.2, 0) is 0 Å². The molecule has 2 fully saturated rings. The fourth-order valence-corrected chi connectivity index (χ4v) is 4.17. The van der Waals surface area contributed by atoms with Gasteiger partial charge in [-0.1, -0.05) is 27.7 Å². The monoisotopic (exact) mass is 252 g/mol. The molecule has 1 saturated carbocycles. The van der Waals surface area contributed by atoms with E-state index in [4.69, 9.17) is 0 Å². The van der Waals surface area contributed by atoms with Gasteiger partial charge in [0.2, 0.25) is 0 Å². The van der Waals surface area contributed by atoms with Gasteiger partial charge in [-0.15, -0.1) is 0 Å². The van der Waals surface area contributed by atoms with Gasteiger partial charge in [-0.05, 0) is 43.9 Å². The van der Waals surface area contributed by atoms with Gasteiger partial charge in [0.1, 0.15) is 0 Å². The summed E-state index contributed by atoms with van der Waals surface area (Å²) >= 11 is 0. The lowest BCUT2D eigenvalue weighted by Gasteiger charge is -2.48. The second-order valence-electron chi connectivity index (χ2n) is 7.39. The number of piperazine rings is 1. The topological polar surface area (TPSA) is 15.3 Å². The fourth-order valence-electron chi connectivity index (χ4n) is 4.17. The summed E-state index contributed by atoms with van der Waals surface area (Å²) in [5.41, 5.74) is 0. The first-order valence-corrected chi connectivity index (χ1v) is 7.96. The van der Waals surface area contributed by atoms with Crippen molar-refractivity contribution in [3.05, 3.63) is 0 Å². The quantitative estimate of drug-likeness (QED) is 0.812. The molecular formula is C16H32N2. The van der Waals surface area contributed by atoms with Gasteiger partial charge in [0, 0.05) is 31.2 Å². The van der Waals surface area contributed by atoms with Crippen molar-refractivity contribution in [1.29, 1.82) is 0 Å². The molecule has 2 nitrogen and oxygen atoms in total. The van der Waals surface area contributed by atoms with Crippen LogP contribution in [0.3, 0.4) is 0 Å². The zero-order valence-corrected chi connectivity index (χ0v) is 12.9. The SMILES string of the molecule is CC1CC(C)CC(N2CC(C)NCC2C(C)C)C1. The molecule has 0 aromatic rings. The van der Waals surface area contributed by atoms with E-state index >= 15 is 0 Å². The third kappa shape index (κ3) is 3.27. The summed E-state index contributed by atoms with van der Waals surface area (Å²) in [6.07, 6.45) is 4.27. The van der Waals surface area contributed by atoms with E-state index in [9.17, 15) is 0 Å². The Bertz CT molecular complexity index is 254. The summed E-state index contributed by atoms with van der Waals surface area (Å²) in [5, 5.41) is 3.66. The maximum absolute atomic E-state index is 3.66. The van der Waals surface area contributed by atoms with E-state index in [1.54, 1.807) is 0 Å². The van der Waals surface area contributed by atoms with Gasteiger partial charge in [0.05, 0.1) is 0 Å². The van der Waals surface area contributed by atoms with Crippen molar-refractivity contribution in [1.82, 2.24) is 10.2 Å². The standard InChI is InChI=1S/C16H32N2/c1-11(2)16-9-17-14(5)10-18(16)15-7-12(3)6-13(4)8-15/h11-17H,6-10H2,1-5H3. The minimum Gasteiger partial charge on any atom is -0.311 e. The first kappa shape index (κ1) is 14.3. The second-order valence-corrected chi connectivity index (χ2v) is 7.39. The van der Waals surface area contributed by atoms with Crippen LogP contribution in [0.1, 0.15) is 53.9 Å². The van der Waals surface area contributed by atoms with Crippen molar-refractivity contribution in [3.63, 3.8) is 0 Å². The van der Waals surface area contributed by atoms with Crippen molar-refractivity contribution in [2.75, 3.05) is 13.1 Å². The Morgan fingerprint density at radius 3 is 2.17 bits per heavy atom. The van der Waals surface area contributed by atoms with Gasteiger partial charge < -0.3 is 5.32 Å². The number of nitrogens with one attached hydrogen (secondary N) is 1. The first-order chi connectivity index (χ1) is 8.47. The Morgan fingerprint density at radius 2 is 1.61 bits per heavy atom. The number of rotatable bonds is 2. The number of hydrogen-bond donors (Lipinski definition) is 1. The Morgan fingerprint density at radius 1 is 1.00 bits per heavy atom. The Labute approximate surface area is 114 Å². The minimum atomic E-state index is 0.660. The average Bonchev–Trinajstić information content (AvgIpc) is 2.27. The van der Waals surface area contributed by atoms with E-state index in [0.29, 0.717) is 6.04 Å². The molecule has 0 radical (unpaired) electrons. The molecule has 1 aliphatic heterocycles. The molecule has 2 aliphatic rings. The summed E-state index contributed by atoms with van der Waals surface area (Å²) in [7, 11) is 0. The lowest BCUT2D eigenvalue weighted by atomic mass is 9.78. The maximum Gasteiger partial charge on any atom is 0.0247 e. The minimum absolute atomic E-state index is 0.660. The van der Waals surface area contributed by atoms with Crippen LogP contribution in [0.5, 0.6) is 0 Å². The highest BCUT2D eigenvalue weighted by Gasteiger charge is 2.36. The van der Waals surface area contributed by atoms with Crippen LogP contribution in [0.4, 0.5) is 0 Å². The lowest BCUT2D eigenvalue weighted by Crippen LogP contribution is -2.61. The molecule has 2 rings (SSSR count). The van der Waals surface area contributed by atoms with Crippen LogP contribution >= 0.6 is 0 Å². The Kier molecular flexibility index (Phi) is 4.71. The molecule has 0 aromatic heterocycles. The Balaban J connectivity index is 2.06. The van der Waals surface area contributed by atoms with Gasteiger partial charge >= 0.3 is 0 Å². The van der Waals surface area contributed by atoms with E-state index < -0.39 is 0 Å². The van der Waals surface area contributed by atoms with E-state index in [0.717, 1.165) is 29.8 Å². The highest BCUT2D eigenvalue weighted by molar-refractivity contribution is 4.92. The fraction of sp³-hybridized carbons (Fsp3) is 1.00. The van der Waals surface area contributed by atoms with Crippen molar-refractivity contribution in [2.24, 2.45) is 17.8 Å². The molecule has 1 aliphatic carbocycles. The summed E-state index contributed by atoms with van der Waals surface area (Å²) in [5.74, 6) is 2.59. The van der Waals surface area contributed by atoms with Crippen LogP contribution in [0.2, 0.25) is 0 Å². The number of nitrogens with zero attached hydrogens (tertiary/aromatic N) is 1. The van der Waals surface area contributed by atoms with Crippen molar-refractivity contribution >= 4 is 0 Å². The van der Waals surface area contributed by atoms with Gasteiger partial charge in [-0.25, -0.2) is 0 Å². The van der Waals surface area contributed by atoms with Crippen molar-refractivity contribution < 1.29 is 0 Å². The molecule has 1 heterocycles. The smallest absolute Gasteiger partial charge is 0.0247 e. The molecule has 0 aromatic carbocycles. The van der Waals surface area contributed by atoms with Crippen LogP contribution in [0.25, 0.3) is 0 Å². The number of hydrogen-bond acceptors (Lipinski definition) is 2. The highest BCUT2D eigenvalue weighted by atomic mass is 15.3. The molecule has 106 valence electrons. The van der Waals surface area contributed by atoms with Crippen molar-refractivity contribution in [3.8, 4) is 0 Å². The Hall–Kier alpha value is -0.0800. The van der Waals surface area contributed by atoms with Gasteiger partial charge in [-0.3, -0.25) is 4.90 Å². The third-order valence-corrected chi connectivity index (χ3v) is 4.98. The molecular weight excluding hydrogens is 220 g/mol. The molecule has 0 bridgehead atoms. The maximum atomic E-state index is 3.66. The van der Waals surface area contributed by atoms with E-state index in [1.807, 2.05) is 0 Å². The largest absolute Gasteiger partial charge is 0.311 e. The first-order valence-electron chi connectivity index (χ1n) is 7.96. The van der Waals surface area contributed by atoms with E-state index in [1.165, 1.54) is 32.4 Å². The molecule has 1 N–H and O–H groups in total. The summed E-state index contributed by atoms with van der Waals surface area (Å²) < 4.78 is 0. The molecule has 18 heavy (non-hydrogen) atoms. The van der Waals surface area contributed by atoms with Gasteiger partial charge in [0.15, 0.2) is 0 Å². The molecule has 0 spiro atoms. The molecule has 0 amide bonds. The third-order valence-electron chi connectivity index (χ3n) is 4.98. The van der Waals surface area contributed by atoms with Crippen LogP contribution < -0.4 is 5.32 Å². The summed E-state index contributed by atoms with van der Waals surface area (Å²) in [6.45, 7) is 14.4. The summed E-state index contributed by atoms with van der Waals surface area (Å²) in [6, 6.07) is 2.23. The lowest BCUT2D eigenvalue weighted by molar-refractivity contribution is 0.0223. The molecule has 1 saturated heterocycles.